The highest BCUT2D eigenvalue weighted by atomic mass is 35.5. The zero-order valence-corrected chi connectivity index (χ0v) is 15.8. The number of benzene rings is 2. The van der Waals surface area contributed by atoms with Crippen LogP contribution in [-0.4, -0.2) is 30.4 Å². The molecule has 3 atom stereocenters. The fourth-order valence-electron chi connectivity index (χ4n) is 4.60. The van der Waals surface area contributed by atoms with Gasteiger partial charge in [-0.15, -0.1) is 12.4 Å². The second-order valence-corrected chi connectivity index (χ2v) is 7.40. The van der Waals surface area contributed by atoms with Crippen LogP contribution in [0, 0.1) is 5.92 Å². The number of nitrogens with two attached hydrogens (primary N) is 1. The molecule has 1 amide bonds. The number of rotatable bonds is 3. The summed E-state index contributed by atoms with van der Waals surface area (Å²) in [4.78, 5) is 15.4. The molecule has 0 bridgehead atoms. The van der Waals surface area contributed by atoms with Gasteiger partial charge in [0.2, 0.25) is 5.91 Å². The maximum atomic E-state index is 13.3. The first-order valence-electron chi connectivity index (χ1n) is 9.39. The van der Waals surface area contributed by atoms with Crippen LogP contribution in [-0.2, 0) is 11.2 Å². The molecule has 0 spiro atoms. The molecule has 138 valence electrons. The number of halogens is 1. The second kappa shape index (κ2) is 8.24. The standard InChI is InChI=1S/C22H26N2O.ClH/c23-13-18-14-24(15-21(18)17-7-2-1-3-8-17)22(25)20-12-6-10-16-9-4-5-11-19(16)20;/h1-5,7-9,11,18,20-21H,6,10,12-15,23H2;1H/t18-,20?,21+;/m1./s1. The van der Waals surface area contributed by atoms with Crippen molar-refractivity contribution in [3.05, 3.63) is 71.3 Å². The highest BCUT2D eigenvalue weighted by molar-refractivity contribution is 5.85. The van der Waals surface area contributed by atoms with Crippen LogP contribution < -0.4 is 5.73 Å². The summed E-state index contributed by atoms with van der Waals surface area (Å²) in [6.07, 6.45) is 3.16. The average Bonchev–Trinajstić information content (AvgIpc) is 3.12. The van der Waals surface area contributed by atoms with Crippen molar-refractivity contribution in [3.8, 4) is 0 Å². The fraction of sp³-hybridized carbons (Fsp3) is 0.409. The van der Waals surface area contributed by atoms with Gasteiger partial charge in [-0.3, -0.25) is 4.79 Å². The van der Waals surface area contributed by atoms with E-state index in [4.69, 9.17) is 5.73 Å². The first-order valence-corrected chi connectivity index (χ1v) is 9.39. The lowest BCUT2D eigenvalue weighted by atomic mass is 9.82. The highest BCUT2D eigenvalue weighted by Gasteiger charge is 2.38. The quantitative estimate of drug-likeness (QED) is 0.894. The normalized spacial score (nSPS) is 24.7. The van der Waals surface area contributed by atoms with Crippen molar-refractivity contribution >= 4 is 18.3 Å². The minimum absolute atomic E-state index is 0. The van der Waals surface area contributed by atoms with E-state index in [1.807, 2.05) is 6.07 Å². The number of fused-ring (bicyclic) bond motifs is 1. The predicted molar refractivity (Wildman–Crippen MR) is 108 cm³/mol. The lowest BCUT2D eigenvalue weighted by Crippen LogP contribution is -2.35. The number of aryl methyl sites for hydroxylation is 1. The van der Waals surface area contributed by atoms with Gasteiger partial charge in [-0.05, 0) is 48.4 Å². The summed E-state index contributed by atoms with van der Waals surface area (Å²) in [6.45, 7) is 2.21. The van der Waals surface area contributed by atoms with Gasteiger partial charge in [0.1, 0.15) is 0 Å². The van der Waals surface area contributed by atoms with Gasteiger partial charge in [0.05, 0.1) is 5.92 Å². The summed E-state index contributed by atoms with van der Waals surface area (Å²) >= 11 is 0. The number of amides is 1. The summed E-state index contributed by atoms with van der Waals surface area (Å²) < 4.78 is 0. The van der Waals surface area contributed by atoms with Crippen molar-refractivity contribution in [1.82, 2.24) is 4.90 Å². The molecule has 2 aromatic rings. The van der Waals surface area contributed by atoms with E-state index >= 15 is 0 Å². The van der Waals surface area contributed by atoms with Gasteiger partial charge in [-0.2, -0.15) is 0 Å². The molecule has 0 aromatic heterocycles. The summed E-state index contributed by atoms with van der Waals surface area (Å²) in [7, 11) is 0. The van der Waals surface area contributed by atoms with Crippen LogP contribution in [0.25, 0.3) is 0 Å². The SMILES string of the molecule is Cl.NC[C@@H]1CN(C(=O)C2CCCc3ccccc32)C[C@H]1c1ccccc1. The Labute approximate surface area is 162 Å². The Hall–Kier alpha value is -1.84. The number of hydrogen-bond donors (Lipinski definition) is 1. The summed E-state index contributed by atoms with van der Waals surface area (Å²) in [5.41, 5.74) is 9.93. The van der Waals surface area contributed by atoms with Gasteiger partial charge in [0.25, 0.3) is 0 Å². The predicted octanol–water partition coefficient (Wildman–Crippen LogP) is 3.73. The van der Waals surface area contributed by atoms with E-state index in [-0.39, 0.29) is 18.3 Å². The molecule has 0 saturated carbocycles. The van der Waals surface area contributed by atoms with Gasteiger partial charge in [0, 0.05) is 19.0 Å². The third-order valence-electron chi connectivity index (χ3n) is 5.95. The van der Waals surface area contributed by atoms with Crippen molar-refractivity contribution < 1.29 is 4.79 Å². The van der Waals surface area contributed by atoms with Crippen molar-refractivity contribution in [1.29, 1.82) is 0 Å². The Morgan fingerprint density at radius 1 is 1.04 bits per heavy atom. The van der Waals surface area contributed by atoms with E-state index in [0.29, 0.717) is 24.3 Å². The molecule has 2 N–H and O–H groups in total. The van der Waals surface area contributed by atoms with Gasteiger partial charge < -0.3 is 10.6 Å². The van der Waals surface area contributed by atoms with E-state index < -0.39 is 0 Å². The Balaban J connectivity index is 0.00000196. The van der Waals surface area contributed by atoms with Crippen LogP contribution in [0.3, 0.4) is 0 Å². The molecule has 1 aliphatic heterocycles. The molecular weight excluding hydrogens is 344 g/mol. The van der Waals surface area contributed by atoms with Crippen LogP contribution in [0.1, 0.15) is 41.4 Å². The van der Waals surface area contributed by atoms with Crippen LogP contribution in [0.2, 0.25) is 0 Å². The average molecular weight is 371 g/mol. The first-order chi connectivity index (χ1) is 12.3. The molecule has 26 heavy (non-hydrogen) atoms. The summed E-state index contributed by atoms with van der Waals surface area (Å²) in [5, 5.41) is 0. The number of nitrogens with zero attached hydrogens (tertiary/aromatic N) is 1. The summed E-state index contributed by atoms with van der Waals surface area (Å²) in [5.74, 6) is 1.03. The van der Waals surface area contributed by atoms with Gasteiger partial charge in [0.15, 0.2) is 0 Å². The van der Waals surface area contributed by atoms with Crippen LogP contribution >= 0.6 is 12.4 Å². The molecule has 2 aliphatic rings. The molecule has 2 aromatic carbocycles. The lowest BCUT2D eigenvalue weighted by Gasteiger charge is -2.28. The van der Waals surface area contributed by atoms with Crippen molar-refractivity contribution in [2.45, 2.75) is 31.1 Å². The van der Waals surface area contributed by atoms with Gasteiger partial charge in [-0.25, -0.2) is 0 Å². The van der Waals surface area contributed by atoms with Crippen molar-refractivity contribution in [2.24, 2.45) is 11.7 Å². The minimum atomic E-state index is 0. The number of hydrogen-bond acceptors (Lipinski definition) is 2. The summed E-state index contributed by atoms with van der Waals surface area (Å²) in [6, 6.07) is 19.0. The fourth-order valence-corrected chi connectivity index (χ4v) is 4.60. The largest absolute Gasteiger partial charge is 0.341 e. The van der Waals surface area contributed by atoms with Crippen LogP contribution in [0.4, 0.5) is 0 Å². The number of carbonyl (C=O) groups excluding carboxylic acids is 1. The van der Waals surface area contributed by atoms with Gasteiger partial charge in [-0.1, -0.05) is 54.6 Å². The van der Waals surface area contributed by atoms with E-state index in [1.54, 1.807) is 0 Å². The Morgan fingerprint density at radius 2 is 1.77 bits per heavy atom. The smallest absolute Gasteiger partial charge is 0.230 e. The molecule has 4 rings (SSSR count). The van der Waals surface area contributed by atoms with E-state index in [1.165, 1.54) is 16.7 Å². The minimum Gasteiger partial charge on any atom is -0.341 e. The van der Waals surface area contributed by atoms with Crippen molar-refractivity contribution in [3.63, 3.8) is 0 Å². The Bertz CT molecular complexity index is 749. The molecular formula is C22H27ClN2O. The molecule has 0 radical (unpaired) electrons. The Kier molecular flexibility index (Phi) is 6.00. The highest BCUT2D eigenvalue weighted by Crippen LogP contribution is 2.37. The number of likely N-dealkylation sites (tertiary alicyclic amines) is 1. The first kappa shape index (κ1) is 18.9. The molecule has 1 aliphatic carbocycles. The monoisotopic (exact) mass is 370 g/mol. The number of carbonyl (C=O) groups is 1. The molecule has 1 heterocycles. The second-order valence-electron chi connectivity index (χ2n) is 7.40. The molecule has 1 unspecified atom stereocenters. The van der Waals surface area contributed by atoms with E-state index in [2.05, 4.69) is 53.4 Å². The molecule has 3 nitrogen and oxygen atoms in total. The molecule has 4 heteroatoms. The zero-order valence-electron chi connectivity index (χ0n) is 15.0. The lowest BCUT2D eigenvalue weighted by molar-refractivity contribution is -0.132. The van der Waals surface area contributed by atoms with E-state index in [9.17, 15) is 4.79 Å². The molecule has 1 fully saturated rings. The van der Waals surface area contributed by atoms with E-state index in [0.717, 1.165) is 32.4 Å². The maximum Gasteiger partial charge on any atom is 0.230 e. The zero-order chi connectivity index (χ0) is 17.2. The van der Waals surface area contributed by atoms with Crippen molar-refractivity contribution in [2.75, 3.05) is 19.6 Å². The van der Waals surface area contributed by atoms with Crippen LogP contribution in [0.15, 0.2) is 54.6 Å². The topological polar surface area (TPSA) is 46.3 Å². The van der Waals surface area contributed by atoms with Gasteiger partial charge >= 0.3 is 0 Å². The van der Waals surface area contributed by atoms with Crippen LogP contribution in [0.5, 0.6) is 0 Å². The third kappa shape index (κ3) is 3.51. The Morgan fingerprint density at radius 3 is 2.54 bits per heavy atom. The maximum absolute atomic E-state index is 13.3. The third-order valence-corrected chi connectivity index (χ3v) is 5.95. The molecule has 1 saturated heterocycles.